The van der Waals surface area contributed by atoms with E-state index in [0.29, 0.717) is 11.1 Å². The largest absolute Gasteiger partial charge is 0.478 e. The van der Waals surface area contributed by atoms with E-state index >= 15 is 0 Å². The van der Waals surface area contributed by atoms with E-state index in [2.05, 4.69) is 4.99 Å². The number of rotatable bonds is 8. The number of sulfonamides is 2. The van der Waals surface area contributed by atoms with Gasteiger partial charge in [-0.05, 0) is 23.3 Å². The lowest BCUT2D eigenvalue weighted by atomic mass is 9.98. The highest BCUT2D eigenvalue weighted by atomic mass is 32.2. The van der Waals surface area contributed by atoms with Gasteiger partial charge in [0.25, 0.3) is 18.8 Å². The van der Waals surface area contributed by atoms with Crippen LogP contribution in [0, 0.1) is 0 Å². The minimum absolute atomic E-state index is 0.0559. The number of nitrogens with zero attached hydrogens (tertiary/aromatic N) is 1. The number of alkyl halides is 4. The summed E-state index contributed by atoms with van der Waals surface area (Å²) >= 11 is 0. The average molecular weight is 696 g/mol. The van der Waals surface area contributed by atoms with Crippen LogP contribution in [-0.4, -0.2) is 39.8 Å². The number of nitrogens with two attached hydrogens (primary N) is 4. The molecule has 248 valence electrons. The monoisotopic (exact) mass is 695 g/mol. The van der Waals surface area contributed by atoms with E-state index in [4.69, 9.17) is 26.9 Å². The van der Waals surface area contributed by atoms with Crippen molar-refractivity contribution in [3.63, 3.8) is 0 Å². The molecule has 47 heavy (non-hydrogen) atoms. The van der Waals surface area contributed by atoms with E-state index in [0.717, 1.165) is 18.2 Å². The van der Waals surface area contributed by atoms with Gasteiger partial charge in [-0.1, -0.05) is 72.8 Å². The van der Waals surface area contributed by atoms with Crippen molar-refractivity contribution < 1.29 is 49.1 Å². The number of carbonyl (C=O) groups excluding carboxylic acids is 1. The van der Waals surface area contributed by atoms with Gasteiger partial charge in [0.1, 0.15) is 0 Å². The fourth-order valence-electron chi connectivity index (χ4n) is 4.49. The Labute approximate surface area is 265 Å². The Morgan fingerprint density at radius 3 is 1.30 bits per heavy atom. The lowest BCUT2D eigenvalue weighted by Gasteiger charge is -2.16. The van der Waals surface area contributed by atoms with E-state index < -0.39 is 82.8 Å². The molecule has 0 aliphatic heterocycles. The van der Waals surface area contributed by atoms with E-state index in [1.54, 1.807) is 36.4 Å². The van der Waals surface area contributed by atoms with Gasteiger partial charge in [-0.25, -0.2) is 49.5 Å². The number of guanidine groups is 1. The van der Waals surface area contributed by atoms with Crippen molar-refractivity contribution >= 4 is 37.9 Å². The highest BCUT2D eigenvalue weighted by Crippen LogP contribution is 2.38. The maximum absolute atomic E-state index is 13.6. The van der Waals surface area contributed by atoms with Crippen LogP contribution in [0.3, 0.4) is 0 Å². The van der Waals surface area contributed by atoms with Gasteiger partial charge in [0.05, 0.1) is 32.0 Å². The van der Waals surface area contributed by atoms with Crippen molar-refractivity contribution in [2.75, 3.05) is 0 Å². The zero-order valence-electron chi connectivity index (χ0n) is 23.7. The number of amides is 1. The Hall–Kier alpha value is -5.17. The maximum Gasteiger partial charge on any atom is 0.336 e. The summed E-state index contributed by atoms with van der Waals surface area (Å²) in [5, 5.41) is 19.2. The molecule has 0 unspecified atom stereocenters. The summed E-state index contributed by atoms with van der Waals surface area (Å²) in [5.74, 6) is -3.49. The molecule has 4 rings (SSSR count). The van der Waals surface area contributed by atoms with Gasteiger partial charge >= 0.3 is 5.97 Å². The Balaban J connectivity index is 0.000000257. The number of benzene rings is 4. The molecule has 0 radical (unpaired) electrons. The standard InChI is InChI=1S/C15H14F2N4O3S.C14H11F2NO4S/c16-13(17)11-10(14(22)21-15(18)19)7-6-9(12(11)25(20,23)24)8-4-2-1-3-5-8;15-13(16)11-10(14(18)19)7-6-9(12(11)22(17,20)21)8-4-2-1-3-5-8/h1-7,13H,(H2,20,23,24)(H4,18,19,21,22);1-7,13H,(H,18,19)(H2,17,20,21). The van der Waals surface area contributed by atoms with Crippen molar-refractivity contribution in [2.24, 2.45) is 26.7 Å². The number of hydrogen-bond donors (Lipinski definition) is 5. The van der Waals surface area contributed by atoms with Gasteiger partial charge in [-0.15, -0.1) is 0 Å². The van der Waals surface area contributed by atoms with E-state index in [1.165, 1.54) is 30.3 Å². The minimum Gasteiger partial charge on any atom is -0.478 e. The molecule has 0 aliphatic rings. The smallest absolute Gasteiger partial charge is 0.336 e. The third-order valence-electron chi connectivity index (χ3n) is 6.26. The van der Waals surface area contributed by atoms with Crippen LogP contribution in [0.15, 0.2) is 99.7 Å². The highest BCUT2D eigenvalue weighted by Gasteiger charge is 2.32. The van der Waals surface area contributed by atoms with Crippen LogP contribution in [-0.2, 0) is 20.0 Å². The molecule has 4 aromatic rings. The minimum atomic E-state index is -4.58. The molecule has 0 bridgehead atoms. The molecule has 0 spiro atoms. The summed E-state index contributed by atoms with van der Waals surface area (Å²) in [5.41, 5.74) is 7.13. The molecule has 0 aromatic heterocycles. The van der Waals surface area contributed by atoms with Crippen molar-refractivity contribution in [1.82, 2.24) is 0 Å². The van der Waals surface area contributed by atoms with Crippen LogP contribution in [0.25, 0.3) is 22.3 Å². The normalized spacial score (nSPS) is 11.5. The number of aliphatic imine (C=N–C) groups is 1. The van der Waals surface area contributed by atoms with Gasteiger partial charge in [0.2, 0.25) is 20.0 Å². The van der Waals surface area contributed by atoms with Gasteiger partial charge in [0, 0.05) is 11.1 Å². The van der Waals surface area contributed by atoms with Crippen LogP contribution < -0.4 is 21.7 Å². The molecule has 4 aromatic carbocycles. The molecule has 9 N–H and O–H groups in total. The number of hydrogen-bond acceptors (Lipinski definition) is 6. The first-order valence-corrected chi connectivity index (χ1v) is 15.9. The molecular weight excluding hydrogens is 670 g/mol. The zero-order valence-corrected chi connectivity index (χ0v) is 25.4. The second kappa shape index (κ2) is 14.5. The molecule has 0 atom stereocenters. The lowest BCUT2D eigenvalue weighted by molar-refractivity contribution is 0.0683. The van der Waals surface area contributed by atoms with Gasteiger partial charge < -0.3 is 16.6 Å². The molecule has 0 saturated heterocycles. The average Bonchev–Trinajstić information content (AvgIpc) is 2.99. The third kappa shape index (κ3) is 8.55. The SMILES string of the molecule is NC(N)=NC(=O)c1ccc(-c2ccccc2)c(S(N)(=O)=O)c1C(F)F.NS(=O)(=O)c1c(-c2ccccc2)ccc(C(=O)O)c1C(F)F. The van der Waals surface area contributed by atoms with Crippen molar-refractivity contribution in [2.45, 2.75) is 22.6 Å². The molecule has 0 aliphatic carbocycles. The fourth-order valence-corrected chi connectivity index (χ4v) is 6.48. The first kappa shape index (κ1) is 36.3. The fraction of sp³-hybridized carbons (Fsp3) is 0.0690. The zero-order chi connectivity index (χ0) is 35.3. The summed E-state index contributed by atoms with van der Waals surface area (Å²) in [6.07, 6.45) is -6.60. The number of aromatic carboxylic acids is 1. The third-order valence-corrected chi connectivity index (χ3v) is 8.28. The van der Waals surface area contributed by atoms with Crippen LogP contribution in [0.4, 0.5) is 17.6 Å². The second-order valence-electron chi connectivity index (χ2n) is 9.38. The van der Waals surface area contributed by atoms with E-state index in [1.807, 2.05) is 0 Å². The van der Waals surface area contributed by atoms with Gasteiger partial charge in [-0.2, -0.15) is 4.99 Å². The number of carboxylic acids is 1. The molecule has 18 heteroatoms. The number of halogens is 4. The second-order valence-corrected chi connectivity index (χ2v) is 12.4. The number of primary sulfonamides is 2. The lowest BCUT2D eigenvalue weighted by Crippen LogP contribution is -2.25. The number of carbonyl (C=O) groups is 2. The summed E-state index contributed by atoms with van der Waals surface area (Å²) in [6, 6.07) is 20.1. The molecule has 12 nitrogen and oxygen atoms in total. The highest BCUT2D eigenvalue weighted by molar-refractivity contribution is 7.89. The van der Waals surface area contributed by atoms with Crippen molar-refractivity contribution in [3.8, 4) is 22.3 Å². The molecule has 0 heterocycles. The summed E-state index contributed by atoms with van der Waals surface area (Å²) in [7, 11) is -9.14. The summed E-state index contributed by atoms with van der Waals surface area (Å²) < 4.78 is 101. The van der Waals surface area contributed by atoms with Crippen LogP contribution in [0.1, 0.15) is 44.7 Å². The molecule has 0 saturated carbocycles. The van der Waals surface area contributed by atoms with Crippen molar-refractivity contribution in [1.29, 1.82) is 0 Å². The van der Waals surface area contributed by atoms with Crippen molar-refractivity contribution in [3.05, 3.63) is 107 Å². The van der Waals surface area contributed by atoms with Gasteiger partial charge in [0.15, 0.2) is 5.96 Å². The number of carboxylic acid groups (broad SMARTS) is 1. The van der Waals surface area contributed by atoms with Crippen LogP contribution in [0.5, 0.6) is 0 Å². The quantitative estimate of drug-likeness (QED) is 0.102. The topological polar surface area (TPSA) is 239 Å². The molecule has 0 fully saturated rings. The first-order valence-electron chi connectivity index (χ1n) is 12.8. The Bertz CT molecular complexity index is 2060. The Kier molecular flexibility index (Phi) is 11.2. The van der Waals surface area contributed by atoms with Crippen LogP contribution in [0.2, 0.25) is 0 Å². The predicted octanol–water partition coefficient (Wildman–Crippen LogP) is 3.99. The molecule has 1 amide bonds. The Morgan fingerprint density at radius 2 is 0.979 bits per heavy atom. The Morgan fingerprint density at radius 1 is 0.617 bits per heavy atom. The summed E-state index contributed by atoms with van der Waals surface area (Å²) in [6.45, 7) is 0. The summed E-state index contributed by atoms with van der Waals surface area (Å²) in [4.78, 5) is 24.5. The van der Waals surface area contributed by atoms with Gasteiger partial charge in [-0.3, -0.25) is 4.79 Å². The van der Waals surface area contributed by atoms with E-state index in [-0.39, 0.29) is 11.1 Å². The van der Waals surface area contributed by atoms with E-state index in [9.17, 15) is 44.0 Å². The maximum atomic E-state index is 13.6. The molecular formula is C29H25F4N5O7S2. The first-order chi connectivity index (χ1) is 21.9. The predicted molar refractivity (Wildman–Crippen MR) is 164 cm³/mol. The van der Waals surface area contributed by atoms with Crippen LogP contribution >= 0.6 is 0 Å².